The first-order chi connectivity index (χ1) is 10.5. The molecule has 0 spiro atoms. The molecule has 1 heterocycles. The number of nitrogens with zero attached hydrogens (tertiary/aromatic N) is 1. The number of rotatable bonds is 4. The maximum absolute atomic E-state index is 13.1. The second-order valence-corrected chi connectivity index (χ2v) is 5.80. The van der Waals surface area contributed by atoms with Crippen LogP contribution >= 0.6 is 11.6 Å². The van der Waals surface area contributed by atoms with Crippen LogP contribution in [0.4, 0.5) is 10.1 Å². The summed E-state index contributed by atoms with van der Waals surface area (Å²) in [6, 6.07) is 3.69. The highest BCUT2D eigenvalue weighted by atomic mass is 35.5. The van der Waals surface area contributed by atoms with Crippen molar-refractivity contribution in [3.05, 3.63) is 29.0 Å². The van der Waals surface area contributed by atoms with Gasteiger partial charge < -0.3 is 10.6 Å². The molecule has 1 aromatic carbocycles. The maximum Gasteiger partial charge on any atom is 0.238 e. The van der Waals surface area contributed by atoms with Gasteiger partial charge in [-0.2, -0.15) is 0 Å². The summed E-state index contributed by atoms with van der Waals surface area (Å²) < 4.78 is 13.1. The van der Waals surface area contributed by atoms with Crippen molar-refractivity contribution in [2.45, 2.75) is 25.3 Å². The number of hydrogen-bond donors (Lipinski definition) is 2. The number of carbonyl (C=O) groups is 2. The van der Waals surface area contributed by atoms with Crippen LogP contribution in [0.2, 0.25) is 5.02 Å². The molecule has 22 heavy (non-hydrogen) atoms. The lowest BCUT2D eigenvalue weighted by atomic mass is 10.1. The molecule has 1 saturated heterocycles. The Morgan fingerprint density at radius 2 is 2.27 bits per heavy atom. The average molecular weight is 328 g/mol. The monoisotopic (exact) mass is 327 g/mol. The SMILES string of the molecule is CN(CC(=O)Nc1ccc(F)c(Cl)c1)C1CCCCNC1=O. The molecule has 0 aliphatic carbocycles. The van der Waals surface area contributed by atoms with Gasteiger partial charge in [-0.1, -0.05) is 11.6 Å². The molecule has 0 aromatic heterocycles. The van der Waals surface area contributed by atoms with Crippen LogP contribution in [-0.4, -0.2) is 42.9 Å². The zero-order chi connectivity index (χ0) is 16.1. The molecule has 1 aliphatic heterocycles. The second-order valence-electron chi connectivity index (χ2n) is 5.39. The van der Waals surface area contributed by atoms with Gasteiger partial charge in [-0.3, -0.25) is 14.5 Å². The smallest absolute Gasteiger partial charge is 0.238 e. The maximum atomic E-state index is 13.1. The summed E-state index contributed by atoms with van der Waals surface area (Å²) in [4.78, 5) is 25.7. The Hall–Kier alpha value is -1.66. The Morgan fingerprint density at radius 1 is 1.50 bits per heavy atom. The third-order valence-electron chi connectivity index (χ3n) is 3.63. The van der Waals surface area contributed by atoms with Crippen molar-refractivity contribution in [3.8, 4) is 0 Å². The average Bonchev–Trinajstić information content (AvgIpc) is 2.67. The van der Waals surface area contributed by atoms with Gasteiger partial charge in [-0.15, -0.1) is 0 Å². The van der Waals surface area contributed by atoms with E-state index in [0.29, 0.717) is 12.2 Å². The standard InChI is InChI=1S/C15H19ClFN3O2/c1-20(13-4-2-3-7-18-15(13)22)9-14(21)19-10-5-6-12(17)11(16)8-10/h5-6,8,13H,2-4,7,9H2,1H3,(H,18,22)(H,19,21). The van der Waals surface area contributed by atoms with E-state index in [9.17, 15) is 14.0 Å². The fourth-order valence-corrected chi connectivity index (χ4v) is 2.64. The van der Waals surface area contributed by atoms with Gasteiger partial charge in [0.05, 0.1) is 17.6 Å². The van der Waals surface area contributed by atoms with E-state index in [4.69, 9.17) is 11.6 Å². The van der Waals surface area contributed by atoms with Gasteiger partial charge in [-0.05, 0) is 44.5 Å². The van der Waals surface area contributed by atoms with E-state index in [1.165, 1.54) is 18.2 Å². The molecule has 0 saturated carbocycles. The Morgan fingerprint density at radius 3 is 3.00 bits per heavy atom. The second kappa shape index (κ2) is 7.56. The molecule has 1 aromatic rings. The van der Waals surface area contributed by atoms with Gasteiger partial charge in [0.2, 0.25) is 11.8 Å². The van der Waals surface area contributed by atoms with Gasteiger partial charge in [0.15, 0.2) is 0 Å². The van der Waals surface area contributed by atoms with E-state index in [2.05, 4.69) is 10.6 Å². The number of likely N-dealkylation sites (N-methyl/N-ethyl adjacent to an activating group) is 1. The van der Waals surface area contributed by atoms with Gasteiger partial charge in [0.25, 0.3) is 0 Å². The first-order valence-electron chi connectivity index (χ1n) is 7.20. The Bertz CT molecular complexity index is 568. The number of anilines is 1. The van der Waals surface area contributed by atoms with Crippen molar-refractivity contribution < 1.29 is 14.0 Å². The van der Waals surface area contributed by atoms with E-state index in [-0.39, 0.29) is 29.4 Å². The molecule has 7 heteroatoms. The van der Waals surface area contributed by atoms with E-state index < -0.39 is 5.82 Å². The minimum Gasteiger partial charge on any atom is -0.355 e. The molecular weight excluding hydrogens is 309 g/mol. The highest BCUT2D eigenvalue weighted by Crippen LogP contribution is 2.19. The van der Waals surface area contributed by atoms with Gasteiger partial charge in [-0.25, -0.2) is 4.39 Å². The molecule has 1 fully saturated rings. The summed E-state index contributed by atoms with van der Waals surface area (Å²) in [6.07, 6.45) is 2.64. The first-order valence-corrected chi connectivity index (χ1v) is 7.58. The zero-order valence-corrected chi connectivity index (χ0v) is 13.1. The summed E-state index contributed by atoms with van der Waals surface area (Å²) in [5.74, 6) is -0.855. The summed E-state index contributed by atoms with van der Waals surface area (Å²) >= 11 is 5.67. The van der Waals surface area contributed by atoms with Gasteiger partial charge >= 0.3 is 0 Å². The van der Waals surface area contributed by atoms with E-state index in [1.807, 2.05) is 0 Å². The van der Waals surface area contributed by atoms with Crippen LogP contribution in [0.3, 0.4) is 0 Å². The lowest BCUT2D eigenvalue weighted by molar-refractivity contribution is -0.126. The molecule has 1 aliphatic rings. The van der Waals surface area contributed by atoms with Crippen molar-refractivity contribution in [3.63, 3.8) is 0 Å². The predicted octanol–water partition coefficient (Wildman–Crippen LogP) is 2.02. The molecular formula is C15H19ClFN3O2. The predicted molar refractivity (Wildman–Crippen MR) is 83.3 cm³/mol. The molecule has 5 nitrogen and oxygen atoms in total. The van der Waals surface area contributed by atoms with Crippen molar-refractivity contribution in [2.24, 2.45) is 0 Å². The van der Waals surface area contributed by atoms with Crippen LogP contribution in [0.25, 0.3) is 0 Å². The Kier molecular flexibility index (Phi) is 5.74. The van der Waals surface area contributed by atoms with Crippen LogP contribution in [0.5, 0.6) is 0 Å². The van der Waals surface area contributed by atoms with Crippen LogP contribution in [0.15, 0.2) is 18.2 Å². The van der Waals surface area contributed by atoms with Gasteiger partial charge in [0, 0.05) is 12.2 Å². The van der Waals surface area contributed by atoms with Crippen LogP contribution in [0, 0.1) is 5.82 Å². The minimum absolute atomic E-state index is 0.0439. The molecule has 1 atom stereocenters. The Labute approximate surface area is 133 Å². The van der Waals surface area contributed by atoms with Crippen molar-refractivity contribution in [1.29, 1.82) is 0 Å². The zero-order valence-electron chi connectivity index (χ0n) is 12.4. The molecule has 120 valence electrons. The molecule has 2 amide bonds. The number of carbonyl (C=O) groups excluding carboxylic acids is 2. The van der Waals surface area contributed by atoms with Crippen molar-refractivity contribution in [2.75, 3.05) is 25.5 Å². The largest absolute Gasteiger partial charge is 0.355 e. The summed E-state index contributed by atoms with van der Waals surface area (Å²) in [5.41, 5.74) is 0.426. The number of benzene rings is 1. The summed E-state index contributed by atoms with van der Waals surface area (Å²) in [7, 11) is 1.74. The fourth-order valence-electron chi connectivity index (χ4n) is 2.45. The minimum atomic E-state index is -0.535. The number of halogens is 2. The number of nitrogens with one attached hydrogen (secondary N) is 2. The lowest BCUT2D eigenvalue weighted by Gasteiger charge is -2.24. The van der Waals surface area contributed by atoms with Gasteiger partial charge in [0.1, 0.15) is 5.82 Å². The third kappa shape index (κ3) is 4.42. The molecule has 1 unspecified atom stereocenters. The molecule has 2 N–H and O–H groups in total. The third-order valence-corrected chi connectivity index (χ3v) is 3.92. The number of amides is 2. The van der Waals surface area contributed by atoms with E-state index in [0.717, 1.165) is 19.3 Å². The van der Waals surface area contributed by atoms with Crippen LogP contribution in [-0.2, 0) is 9.59 Å². The van der Waals surface area contributed by atoms with E-state index in [1.54, 1.807) is 11.9 Å². The number of hydrogen-bond acceptors (Lipinski definition) is 3. The normalized spacial score (nSPS) is 18.7. The molecule has 2 rings (SSSR count). The van der Waals surface area contributed by atoms with E-state index >= 15 is 0 Å². The summed E-state index contributed by atoms with van der Waals surface area (Å²) in [5, 5.41) is 5.44. The van der Waals surface area contributed by atoms with Crippen LogP contribution in [0.1, 0.15) is 19.3 Å². The first kappa shape index (κ1) is 16.7. The topological polar surface area (TPSA) is 61.4 Å². The van der Waals surface area contributed by atoms with Crippen molar-refractivity contribution in [1.82, 2.24) is 10.2 Å². The quantitative estimate of drug-likeness (QED) is 0.889. The Balaban J connectivity index is 1.92. The fraction of sp³-hybridized carbons (Fsp3) is 0.467. The van der Waals surface area contributed by atoms with Crippen LogP contribution < -0.4 is 10.6 Å². The lowest BCUT2D eigenvalue weighted by Crippen LogP contribution is -2.46. The highest BCUT2D eigenvalue weighted by molar-refractivity contribution is 6.31. The summed E-state index contributed by atoms with van der Waals surface area (Å²) in [6.45, 7) is 0.760. The highest BCUT2D eigenvalue weighted by Gasteiger charge is 2.25. The molecule has 0 bridgehead atoms. The molecule has 0 radical (unpaired) electrons. The van der Waals surface area contributed by atoms with Crippen molar-refractivity contribution >= 4 is 29.1 Å².